The van der Waals surface area contributed by atoms with E-state index in [0.29, 0.717) is 12.1 Å². The number of aromatic nitrogens is 1. The number of hydrogen-bond acceptors (Lipinski definition) is 2. The van der Waals surface area contributed by atoms with Crippen LogP contribution in [-0.2, 0) is 6.18 Å². The average Bonchev–Trinajstić information content (AvgIpc) is 2.45. The van der Waals surface area contributed by atoms with Crippen LogP contribution >= 0.6 is 0 Å². The van der Waals surface area contributed by atoms with Crippen LogP contribution in [0.25, 0.3) is 0 Å². The number of rotatable bonds is 2. The van der Waals surface area contributed by atoms with E-state index in [1.165, 1.54) is 19.2 Å². The van der Waals surface area contributed by atoms with Gasteiger partial charge in [0.2, 0.25) is 5.56 Å². The first-order chi connectivity index (χ1) is 10.2. The lowest BCUT2D eigenvalue weighted by molar-refractivity contribution is -0.137. The number of halogens is 4. The number of nitrogens with zero attached hydrogens (tertiary/aromatic N) is 1. The van der Waals surface area contributed by atoms with E-state index in [1.807, 2.05) is 0 Å². The second-order valence-electron chi connectivity index (χ2n) is 4.49. The van der Waals surface area contributed by atoms with Crippen LogP contribution in [0.15, 0.2) is 41.2 Å². The predicted molar refractivity (Wildman–Crippen MR) is 71.2 cm³/mol. The lowest BCUT2D eigenvalue weighted by Gasteiger charge is -2.17. The molecule has 0 fully saturated rings. The molecule has 1 aromatic carbocycles. The van der Waals surface area contributed by atoms with Gasteiger partial charge in [-0.2, -0.15) is 13.2 Å². The predicted octanol–water partition coefficient (Wildman–Crippen LogP) is 2.81. The summed E-state index contributed by atoms with van der Waals surface area (Å²) in [5, 5.41) is 0. The molecule has 2 rings (SSSR count). The van der Waals surface area contributed by atoms with Gasteiger partial charge in [0.1, 0.15) is 11.5 Å². The Morgan fingerprint density at radius 1 is 1.14 bits per heavy atom. The van der Waals surface area contributed by atoms with Crippen molar-refractivity contribution in [2.45, 2.75) is 6.18 Å². The number of anilines is 1. The summed E-state index contributed by atoms with van der Waals surface area (Å²) in [6.07, 6.45) is -4.74. The van der Waals surface area contributed by atoms with Gasteiger partial charge in [-0.1, -0.05) is 0 Å². The van der Waals surface area contributed by atoms with Crippen LogP contribution < -0.4 is 10.5 Å². The summed E-state index contributed by atoms with van der Waals surface area (Å²) in [6.45, 7) is 0. The molecule has 1 aromatic heterocycles. The Morgan fingerprint density at radius 3 is 2.27 bits per heavy atom. The molecule has 8 heteroatoms. The normalized spacial score (nSPS) is 11.3. The molecule has 0 radical (unpaired) electrons. The van der Waals surface area contributed by atoms with Gasteiger partial charge in [-0.3, -0.25) is 9.59 Å². The van der Waals surface area contributed by atoms with Crippen molar-refractivity contribution in [3.05, 3.63) is 63.8 Å². The minimum Gasteiger partial charge on any atom is -0.318 e. The number of amides is 1. The summed E-state index contributed by atoms with van der Waals surface area (Å²) < 4.78 is 50.8. The molecule has 1 heterocycles. The number of carbonyl (C=O) groups is 1. The molecule has 0 saturated carbocycles. The second kappa shape index (κ2) is 5.63. The fraction of sp³-hybridized carbons (Fsp3) is 0.143. The molecule has 0 spiro atoms. The molecule has 0 unspecified atom stereocenters. The number of pyridine rings is 1. The van der Waals surface area contributed by atoms with Gasteiger partial charge in [0.05, 0.1) is 5.56 Å². The van der Waals surface area contributed by atoms with E-state index in [-0.39, 0.29) is 5.69 Å². The zero-order valence-corrected chi connectivity index (χ0v) is 11.2. The van der Waals surface area contributed by atoms with E-state index in [9.17, 15) is 27.2 Å². The van der Waals surface area contributed by atoms with Gasteiger partial charge in [-0.25, -0.2) is 4.39 Å². The van der Waals surface area contributed by atoms with E-state index in [1.54, 1.807) is 0 Å². The van der Waals surface area contributed by atoms with Crippen molar-refractivity contribution in [3.63, 3.8) is 0 Å². The van der Waals surface area contributed by atoms with Gasteiger partial charge in [-0.15, -0.1) is 0 Å². The molecule has 0 aliphatic heterocycles. The average molecular weight is 314 g/mol. The van der Waals surface area contributed by atoms with Crippen LogP contribution in [0.5, 0.6) is 0 Å². The molecule has 0 saturated heterocycles. The van der Waals surface area contributed by atoms with Crippen LogP contribution in [0, 0.1) is 5.82 Å². The summed E-state index contributed by atoms with van der Waals surface area (Å²) in [6, 6.07) is 5.72. The van der Waals surface area contributed by atoms with Gasteiger partial charge in [-0.05, 0) is 30.3 Å². The number of H-pyrrole nitrogens is 1. The molecule has 116 valence electrons. The highest BCUT2D eigenvalue weighted by atomic mass is 19.4. The quantitative estimate of drug-likeness (QED) is 0.867. The smallest absolute Gasteiger partial charge is 0.318 e. The van der Waals surface area contributed by atoms with Gasteiger partial charge in [0.15, 0.2) is 0 Å². The maximum Gasteiger partial charge on any atom is 0.416 e. The topological polar surface area (TPSA) is 53.2 Å². The Hall–Kier alpha value is -2.64. The first-order valence-corrected chi connectivity index (χ1v) is 6.03. The summed E-state index contributed by atoms with van der Waals surface area (Å²) in [4.78, 5) is 26.5. The Kier molecular flexibility index (Phi) is 4.03. The largest absolute Gasteiger partial charge is 0.416 e. The zero-order chi connectivity index (χ0) is 16.5. The van der Waals surface area contributed by atoms with Crippen LogP contribution in [0.2, 0.25) is 0 Å². The van der Waals surface area contributed by atoms with Crippen LogP contribution in [0.1, 0.15) is 16.1 Å². The number of carbonyl (C=O) groups excluding carboxylic acids is 1. The fourth-order valence-corrected chi connectivity index (χ4v) is 1.78. The molecule has 2 aromatic rings. The third-order valence-corrected chi connectivity index (χ3v) is 2.92. The monoisotopic (exact) mass is 314 g/mol. The molecule has 0 aliphatic carbocycles. The molecule has 0 bridgehead atoms. The van der Waals surface area contributed by atoms with Crippen molar-refractivity contribution in [3.8, 4) is 0 Å². The highest BCUT2D eigenvalue weighted by Crippen LogP contribution is 2.28. The summed E-state index contributed by atoms with van der Waals surface area (Å²) >= 11 is 0. The molecule has 1 N–H and O–H groups in total. The maximum absolute atomic E-state index is 12.8. The van der Waals surface area contributed by atoms with E-state index >= 15 is 0 Å². The van der Waals surface area contributed by atoms with Gasteiger partial charge < -0.3 is 9.88 Å². The number of hydrogen-bond donors (Lipinski definition) is 1. The van der Waals surface area contributed by atoms with E-state index in [0.717, 1.165) is 17.0 Å². The summed E-state index contributed by atoms with van der Waals surface area (Å²) in [5.74, 6) is -1.37. The van der Waals surface area contributed by atoms with Crippen molar-refractivity contribution in [2.24, 2.45) is 0 Å². The standard InChI is InChI=1S/C14H10F4N2O2/c1-20(10-4-2-9(15)3-5-10)13(22)11-6-8(14(16,17)18)7-12(21)19-11/h2-7H,1H3,(H,19,21). The minimum absolute atomic E-state index is 0.268. The van der Waals surface area contributed by atoms with Crippen LogP contribution in [0.3, 0.4) is 0 Å². The summed E-state index contributed by atoms with van der Waals surface area (Å²) in [5.41, 5.74) is -2.49. The van der Waals surface area contributed by atoms with Crippen molar-refractivity contribution < 1.29 is 22.4 Å². The van der Waals surface area contributed by atoms with Crippen molar-refractivity contribution in [2.75, 3.05) is 11.9 Å². The third-order valence-electron chi connectivity index (χ3n) is 2.92. The van der Waals surface area contributed by atoms with Gasteiger partial charge >= 0.3 is 6.18 Å². The lowest BCUT2D eigenvalue weighted by Crippen LogP contribution is -2.29. The van der Waals surface area contributed by atoms with Crippen molar-refractivity contribution >= 4 is 11.6 Å². The highest BCUT2D eigenvalue weighted by Gasteiger charge is 2.32. The van der Waals surface area contributed by atoms with Gasteiger partial charge in [0, 0.05) is 18.8 Å². The Balaban J connectivity index is 2.39. The summed E-state index contributed by atoms with van der Waals surface area (Å²) in [7, 11) is 1.30. The molecule has 1 amide bonds. The number of alkyl halides is 3. The fourth-order valence-electron chi connectivity index (χ4n) is 1.78. The maximum atomic E-state index is 12.8. The number of benzene rings is 1. The Bertz CT molecular complexity index is 751. The van der Waals surface area contributed by atoms with Crippen molar-refractivity contribution in [1.82, 2.24) is 4.98 Å². The SMILES string of the molecule is CN(C(=O)c1cc(C(F)(F)F)cc(=O)[nH]1)c1ccc(F)cc1. The highest BCUT2D eigenvalue weighted by molar-refractivity contribution is 6.04. The Morgan fingerprint density at radius 2 is 1.73 bits per heavy atom. The lowest BCUT2D eigenvalue weighted by atomic mass is 10.2. The van der Waals surface area contributed by atoms with E-state index in [4.69, 9.17) is 0 Å². The minimum atomic E-state index is -4.74. The molecule has 0 aliphatic rings. The molecule has 0 atom stereocenters. The van der Waals surface area contributed by atoms with E-state index < -0.39 is 34.7 Å². The molecule has 22 heavy (non-hydrogen) atoms. The zero-order valence-electron chi connectivity index (χ0n) is 11.2. The number of aromatic amines is 1. The molecule has 4 nitrogen and oxygen atoms in total. The first kappa shape index (κ1) is 15.7. The molecular weight excluding hydrogens is 304 g/mol. The van der Waals surface area contributed by atoms with Crippen molar-refractivity contribution in [1.29, 1.82) is 0 Å². The first-order valence-electron chi connectivity index (χ1n) is 6.03. The van der Waals surface area contributed by atoms with E-state index in [2.05, 4.69) is 4.98 Å². The second-order valence-corrected chi connectivity index (χ2v) is 4.49. The Labute approximate surface area is 122 Å². The molecular formula is C14H10F4N2O2. The van der Waals surface area contributed by atoms with Gasteiger partial charge in [0.25, 0.3) is 5.91 Å². The van der Waals surface area contributed by atoms with Crippen LogP contribution in [-0.4, -0.2) is 17.9 Å². The number of nitrogens with one attached hydrogen (secondary N) is 1. The third kappa shape index (κ3) is 3.33. The van der Waals surface area contributed by atoms with Crippen LogP contribution in [0.4, 0.5) is 23.2 Å².